The lowest BCUT2D eigenvalue weighted by Gasteiger charge is -2.15. The van der Waals surface area contributed by atoms with Gasteiger partial charge in [-0.1, -0.05) is 49.1 Å². The first kappa shape index (κ1) is 17.6. The van der Waals surface area contributed by atoms with E-state index in [-0.39, 0.29) is 11.3 Å². The fourth-order valence-electron chi connectivity index (χ4n) is 1.73. The number of aromatic nitrogens is 1. The van der Waals surface area contributed by atoms with Gasteiger partial charge in [-0.3, -0.25) is 4.79 Å². The number of carbonyl (C=O) groups is 1. The molecule has 1 amide bonds. The van der Waals surface area contributed by atoms with Crippen molar-refractivity contribution in [3.63, 3.8) is 0 Å². The number of ether oxygens (including phenoxy) is 1. The Morgan fingerprint density at radius 1 is 1.30 bits per heavy atom. The summed E-state index contributed by atoms with van der Waals surface area (Å²) in [6.07, 6.45) is -0.761. The van der Waals surface area contributed by atoms with Gasteiger partial charge in [0.05, 0.1) is 5.02 Å². The largest absolute Gasteiger partial charge is 0.479 e. The molecular weight excluding hydrogens is 339 g/mol. The summed E-state index contributed by atoms with van der Waals surface area (Å²) in [7, 11) is 0. The summed E-state index contributed by atoms with van der Waals surface area (Å²) < 4.78 is 10.8. The van der Waals surface area contributed by atoms with E-state index >= 15 is 0 Å². The molecule has 2 aromatic rings. The molecule has 2 rings (SSSR count). The third-order valence-electron chi connectivity index (χ3n) is 3.07. The van der Waals surface area contributed by atoms with E-state index in [1.54, 1.807) is 31.2 Å². The van der Waals surface area contributed by atoms with Crippen molar-refractivity contribution in [2.75, 3.05) is 5.32 Å². The maximum absolute atomic E-state index is 12.2. The average Bonchev–Trinajstić information content (AvgIpc) is 2.90. The van der Waals surface area contributed by atoms with Gasteiger partial charge in [0.25, 0.3) is 5.91 Å². The molecule has 1 N–H and O–H groups in total. The number of carbonyl (C=O) groups excluding carboxylic acids is 1. The molecule has 0 unspecified atom stereocenters. The molecule has 0 spiro atoms. The number of nitrogens with one attached hydrogen (secondary N) is 1. The normalized spacial score (nSPS) is 12.8. The van der Waals surface area contributed by atoms with Crippen LogP contribution in [0.5, 0.6) is 5.75 Å². The predicted molar refractivity (Wildman–Crippen MR) is 90.4 cm³/mol. The Hall–Kier alpha value is -1.72. The minimum atomic E-state index is -0.761. The lowest BCUT2D eigenvalue weighted by atomic mass is 9.93. The Balaban J connectivity index is 2.01. The van der Waals surface area contributed by atoms with Crippen molar-refractivity contribution in [1.29, 1.82) is 0 Å². The fraction of sp³-hybridized carbons (Fsp3) is 0.375. The zero-order valence-corrected chi connectivity index (χ0v) is 14.8. The number of anilines is 1. The molecule has 23 heavy (non-hydrogen) atoms. The van der Waals surface area contributed by atoms with Crippen LogP contribution in [-0.2, 0) is 10.2 Å². The van der Waals surface area contributed by atoms with Crippen LogP contribution in [0.1, 0.15) is 33.5 Å². The van der Waals surface area contributed by atoms with Crippen LogP contribution in [0.15, 0.2) is 28.8 Å². The molecule has 1 aromatic heterocycles. The van der Waals surface area contributed by atoms with E-state index in [2.05, 4.69) is 10.5 Å². The second kappa shape index (κ2) is 6.81. The zero-order valence-electron chi connectivity index (χ0n) is 13.3. The predicted octanol–water partition coefficient (Wildman–Crippen LogP) is 4.68. The monoisotopic (exact) mass is 356 g/mol. The number of amides is 1. The second-order valence-corrected chi connectivity index (χ2v) is 6.99. The average molecular weight is 357 g/mol. The maximum atomic E-state index is 12.2. The van der Waals surface area contributed by atoms with Gasteiger partial charge < -0.3 is 14.6 Å². The zero-order chi connectivity index (χ0) is 17.2. The molecule has 1 atom stereocenters. The number of halogens is 2. The Morgan fingerprint density at radius 3 is 2.57 bits per heavy atom. The number of benzene rings is 1. The molecule has 0 aliphatic heterocycles. The van der Waals surface area contributed by atoms with Gasteiger partial charge in [-0.25, -0.2) is 0 Å². The van der Waals surface area contributed by atoms with Crippen molar-refractivity contribution in [2.45, 2.75) is 39.2 Å². The van der Waals surface area contributed by atoms with Crippen molar-refractivity contribution < 1.29 is 14.1 Å². The molecule has 0 aliphatic rings. The summed E-state index contributed by atoms with van der Waals surface area (Å²) in [6, 6.07) is 6.50. The van der Waals surface area contributed by atoms with Crippen molar-refractivity contribution in [3.8, 4) is 5.75 Å². The van der Waals surface area contributed by atoms with Crippen molar-refractivity contribution in [2.24, 2.45) is 0 Å². The van der Waals surface area contributed by atoms with Gasteiger partial charge in [-0.2, -0.15) is 0 Å². The van der Waals surface area contributed by atoms with E-state index in [1.165, 1.54) is 0 Å². The molecule has 124 valence electrons. The van der Waals surface area contributed by atoms with Gasteiger partial charge in [-0.05, 0) is 25.1 Å². The van der Waals surface area contributed by atoms with Crippen LogP contribution in [0, 0.1) is 0 Å². The molecule has 0 fully saturated rings. The standard InChI is InChI=1S/C16H18Cl2N2O3/c1-9(22-12-6-5-10(17)7-11(12)18)15(21)19-14-8-13(23-20-14)16(2,3)4/h5-9H,1-4H3,(H,19,20,21)/t9-/m0/s1. The highest BCUT2D eigenvalue weighted by Crippen LogP contribution is 2.28. The minimum Gasteiger partial charge on any atom is -0.479 e. The number of hydrogen-bond acceptors (Lipinski definition) is 4. The first-order valence-electron chi connectivity index (χ1n) is 7.06. The van der Waals surface area contributed by atoms with E-state index in [4.69, 9.17) is 32.5 Å². The van der Waals surface area contributed by atoms with Gasteiger partial charge in [-0.15, -0.1) is 0 Å². The van der Waals surface area contributed by atoms with Crippen molar-refractivity contribution in [1.82, 2.24) is 5.16 Å². The third-order valence-corrected chi connectivity index (χ3v) is 3.60. The number of nitrogens with zero attached hydrogens (tertiary/aromatic N) is 1. The van der Waals surface area contributed by atoms with Gasteiger partial charge in [0.1, 0.15) is 11.5 Å². The van der Waals surface area contributed by atoms with Crippen LogP contribution in [0.25, 0.3) is 0 Å². The first-order valence-corrected chi connectivity index (χ1v) is 7.82. The van der Waals surface area contributed by atoms with Gasteiger partial charge in [0, 0.05) is 16.5 Å². The summed E-state index contributed by atoms with van der Waals surface area (Å²) in [5.41, 5.74) is -0.186. The summed E-state index contributed by atoms with van der Waals surface area (Å²) in [5.74, 6) is 1.05. The molecule has 5 nitrogen and oxygen atoms in total. The topological polar surface area (TPSA) is 64.4 Å². The molecule has 1 aromatic carbocycles. The quantitative estimate of drug-likeness (QED) is 0.863. The molecule has 7 heteroatoms. The summed E-state index contributed by atoms with van der Waals surface area (Å²) >= 11 is 11.8. The van der Waals surface area contributed by atoms with Crippen molar-refractivity contribution in [3.05, 3.63) is 40.1 Å². The fourth-order valence-corrected chi connectivity index (χ4v) is 2.18. The number of rotatable bonds is 4. The van der Waals surface area contributed by atoms with E-state index in [0.29, 0.717) is 27.4 Å². The Morgan fingerprint density at radius 2 is 2.00 bits per heavy atom. The van der Waals surface area contributed by atoms with Crippen LogP contribution >= 0.6 is 23.2 Å². The molecule has 0 saturated heterocycles. The number of hydrogen-bond donors (Lipinski definition) is 1. The van der Waals surface area contributed by atoms with Crippen LogP contribution in [-0.4, -0.2) is 17.2 Å². The summed E-state index contributed by atoms with van der Waals surface area (Å²) in [5, 5.41) is 7.32. The molecule has 0 bridgehead atoms. The SMILES string of the molecule is C[C@H](Oc1ccc(Cl)cc1Cl)C(=O)Nc1cc(C(C)(C)C)on1. The third kappa shape index (κ3) is 4.62. The minimum absolute atomic E-state index is 0.186. The lowest BCUT2D eigenvalue weighted by molar-refractivity contribution is -0.122. The van der Waals surface area contributed by atoms with Crippen LogP contribution in [0.3, 0.4) is 0 Å². The van der Waals surface area contributed by atoms with E-state index in [1.807, 2.05) is 20.8 Å². The van der Waals surface area contributed by atoms with E-state index in [9.17, 15) is 4.79 Å². The first-order chi connectivity index (χ1) is 10.7. The molecule has 0 radical (unpaired) electrons. The Kier molecular flexibility index (Phi) is 5.22. The second-order valence-electron chi connectivity index (χ2n) is 6.15. The van der Waals surface area contributed by atoms with Gasteiger partial charge in [0.15, 0.2) is 11.9 Å². The Bertz CT molecular complexity index is 708. The van der Waals surface area contributed by atoms with Crippen molar-refractivity contribution >= 4 is 34.9 Å². The molecule has 1 heterocycles. The summed E-state index contributed by atoms with van der Waals surface area (Å²) in [4.78, 5) is 12.2. The maximum Gasteiger partial charge on any atom is 0.266 e. The highest BCUT2D eigenvalue weighted by molar-refractivity contribution is 6.35. The summed E-state index contributed by atoms with van der Waals surface area (Å²) in [6.45, 7) is 7.60. The van der Waals surface area contributed by atoms with Gasteiger partial charge >= 0.3 is 0 Å². The molecule has 0 saturated carbocycles. The molecular formula is C16H18Cl2N2O3. The van der Waals surface area contributed by atoms with E-state index in [0.717, 1.165) is 0 Å². The van der Waals surface area contributed by atoms with Gasteiger partial charge in [0.2, 0.25) is 0 Å². The lowest BCUT2D eigenvalue weighted by Crippen LogP contribution is -2.30. The van der Waals surface area contributed by atoms with Crippen LogP contribution in [0.4, 0.5) is 5.82 Å². The van der Waals surface area contributed by atoms with Crippen LogP contribution < -0.4 is 10.1 Å². The Labute approximate surface area is 144 Å². The highest BCUT2D eigenvalue weighted by atomic mass is 35.5. The smallest absolute Gasteiger partial charge is 0.266 e. The molecule has 0 aliphatic carbocycles. The van der Waals surface area contributed by atoms with Crippen LogP contribution in [0.2, 0.25) is 10.0 Å². The highest BCUT2D eigenvalue weighted by Gasteiger charge is 2.22. The van der Waals surface area contributed by atoms with E-state index < -0.39 is 6.10 Å².